The molecule has 140 valence electrons. The van der Waals surface area contributed by atoms with E-state index in [-0.39, 0.29) is 6.03 Å². The minimum atomic E-state index is -4.38. The van der Waals surface area contributed by atoms with Gasteiger partial charge in [0.1, 0.15) is 6.07 Å². The highest BCUT2D eigenvalue weighted by Crippen LogP contribution is 2.31. The van der Waals surface area contributed by atoms with Crippen molar-refractivity contribution in [1.82, 2.24) is 4.90 Å². The Kier molecular flexibility index (Phi) is 5.21. The molecule has 0 bridgehead atoms. The molecule has 1 fully saturated rings. The lowest BCUT2D eigenvalue weighted by Crippen LogP contribution is -2.50. The summed E-state index contributed by atoms with van der Waals surface area (Å²) < 4.78 is 38.6. The van der Waals surface area contributed by atoms with Gasteiger partial charge < -0.3 is 15.1 Å². The van der Waals surface area contributed by atoms with E-state index >= 15 is 0 Å². The van der Waals surface area contributed by atoms with Crippen molar-refractivity contribution in [3.8, 4) is 6.07 Å². The van der Waals surface area contributed by atoms with Crippen LogP contribution in [0.2, 0.25) is 0 Å². The van der Waals surface area contributed by atoms with Gasteiger partial charge in [-0.05, 0) is 30.3 Å². The number of urea groups is 1. The van der Waals surface area contributed by atoms with Gasteiger partial charge in [0.25, 0.3) is 0 Å². The lowest BCUT2D eigenvalue weighted by molar-refractivity contribution is -0.137. The predicted molar refractivity (Wildman–Crippen MR) is 95.4 cm³/mol. The molecule has 0 aromatic heterocycles. The maximum atomic E-state index is 12.9. The second kappa shape index (κ2) is 7.58. The quantitative estimate of drug-likeness (QED) is 0.867. The number of nitrogens with zero attached hydrogens (tertiary/aromatic N) is 3. The lowest BCUT2D eigenvalue weighted by atomic mass is 10.1. The van der Waals surface area contributed by atoms with Gasteiger partial charge in [-0.3, -0.25) is 0 Å². The molecule has 8 heteroatoms. The Labute approximate surface area is 154 Å². The molecule has 1 aliphatic rings. The van der Waals surface area contributed by atoms with Gasteiger partial charge in [-0.25, -0.2) is 4.79 Å². The molecular weight excluding hydrogens is 357 g/mol. The molecule has 5 nitrogen and oxygen atoms in total. The van der Waals surface area contributed by atoms with Crippen molar-refractivity contribution < 1.29 is 18.0 Å². The van der Waals surface area contributed by atoms with Crippen molar-refractivity contribution in [3.05, 3.63) is 59.7 Å². The summed E-state index contributed by atoms with van der Waals surface area (Å²) in [7, 11) is 0. The van der Waals surface area contributed by atoms with E-state index in [0.717, 1.165) is 12.1 Å². The van der Waals surface area contributed by atoms with E-state index in [4.69, 9.17) is 5.26 Å². The number of hydrogen-bond donors (Lipinski definition) is 1. The number of amides is 2. The summed E-state index contributed by atoms with van der Waals surface area (Å²) in [5, 5.41) is 11.8. The van der Waals surface area contributed by atoms with E-state index in [1.807, 2.05) is 11.0 Å². The highest BCUT2D eigenvalue weighted by Gasteiger charge is 2.31. The van der Waals surface area contributed by atoms with Crippen LogP contribution in [0.3, 0.4) is 0 Å². The highest BCUT2D eigenvalue weighted by atomic mass is 19.4. The van der Waals surface area contributed by atoms with Crippen LogP contribution >= 0.6 is 0 Å². The molecule has 0 radical (unpaired) electrons. The molecule has 0 spiro atoms. The third-order valence-electron chi connectivity index (χ3n) is 4.39. The first kappa shape index (κ1) is 18.6. The van der Waals surface area contributed by atoms with Crippen LogP contribution in [0.25, 0.3) is 0 Å². The number of carbonyl (C=O) groups is 1. The molecule has 2 aromatic rings. The van der Waals surface area contributed by atoms with Gasteiger partial charge in [0.15, 0.2) is 0 Å². The normalized spacial score (nSPS) is 14.6. The fourth-order valence-corrected chi connectivity index (χ4v) is 2.93. The number of para-hydroxylation sites is 1. The number of hydrogen-bond acceptors (Lipinski definition) is 3. The fourth-order valence-electron chi connectivity index (χ4n) is 2.93. The van der Waals surface area contributed by atoms with E-state index in [2.05, 4.69) is 5.32 Å². The number of carbonyl (C=O) groups excluding carboxylic acids is 1. The number of anilines is 2. The van der Waals surface area contributed by atoms with Gasteiger partial charge in [0.05, 0.1) is 16.8 Å². The first-order valence-electron chi connectivity index (χ1n) is 8.36. The van der Waals surface area contributed by atoms with Crippen LogP contribution in [0.4, 0.5) is 29.3 Å². The highest BCUT2D eigenvalue weighted by molar-refractivity contribution is 5.91. The van der Waals surface area contributed by atoms with Crippen molar-refractivity contribution in [1.29, 1.82) is 5.26 Å². The Morgan fingerprint density at radius 2 is 1.74 bits per heavy atom. The monoisotopic (exact) mass is 374 g/mol. The summed E-state index contributed by atoms with van der Waals surface area (Å²) in [6, 6.07) is 13.6. The number of nitrogens with one attached hydrogen (secondary N) is 1. The molecule has 2 amide bonds. The largest absolute Gasteiger partial charge is 0.416 e. The molecule has 0 unspecified atom stereocenters. The Morgan fingerprint density at radius 3 is 2.41 bits per heavy atom. The fraction of sp³-hybridized carbons (Fsp3) is 0.263. The minimum Gasteiger partial charge on any atom is -0.368 e. The van der Waals surface area contributed by atoms with Gasteiger partial charge in [-0.2, -0.15) is 18.4 Å². The van der Waals surface area contributed by atoms with E-state index in [9.17, 15) is 18.0 Å². The molecule has 1 heterocycles. The number of rotatable bonds is 2. The summed E-state index contributed by atoms with van der Waals surface area (Å²) in [6.07, 6.45) is -4.38. The van der Waals surface area contributed by atoms with Crippen molar-refractivity contribution in [3.63, 3.8) is 0 Å². The second-order valence-corrected chi connectivity index (χ2v) is 6.11. The van der Waals surface area contributed by atoms with Crippen molar-refractivity contribution in [2.24, 2.45) is 0 Å². The first-order valence-corrected chi connectivity index (χ1v) is 8.36. The molecule has 0 atom stereocenters. The summed E-state index contributed by atoms with van der Waals surface area (Å²) in [5.74, 6) is 0. The van der Waals surface area contributed by atoms with Gasteiger partial charge >= 0.3 is 12.2 Å². The molecule has 27 heavy (non-hydrogen) atoms. The standard InChI is InChI=1S/C19H17F3N4O/c20-19(21,22)15-5-3-6-16(12-15)25-8-10-26(11-9-25)18(27)24-17-7-2-1-4-14(17)13-23/h1-7,12H,8-11H2,(H,24,27). The molecule has 0 saturated carbocycles. The summed E-state index contributed by atoms with van der Waals surface area (Å²) >= 11 is 0. The van der Waals surface area contributed by atoms with Crippen LogP contribution in [0.5, 0.6) is 0 Å². The average Bonchev–Trinajstić information content (AvgIpc) is 2.68. The number of alkyl halides is 3. The summed E-state index contributed by atoms with van der Waals surface area (Å²) in [4.78, 5) is 15.8. The van der Waals surface area contributed by atoms with Crippen LogP contribution in [-0.2, 0) is 6.18 Å². The number of benzene rings is 2. The van der Waals surface area contributed by atoms with E-state index in [1.165, 1.54) is 6.07 Å². The average molecular weight is 374 g/mol. The molecule has 1 aliphatic heterocycles. The third kappa shape index (κ3) is 4.31. The predicted octanol–water partition coefficient (Wildman–Crippen LogP) is 3.93. The van der Waals surface area contributed by atoms with Crippen LogP contribution in [-0.4, -0.2) is 37.1 Å². The van der Waals surface area contributed by atoms with Gasteiger partial charge in [-0.1, -0.05) is 18.2 Å². The van der Waals surface area contributed by atoms with E-state index < -0.39 is 11.7 Å². The van der Waals surface area contributed by atoms with Crippen molar-refractivity contribution in [2.75, 3.05) is 36.4 Å². The van der Waals surface area contributed by atoms with Crippen LogP contribution in [0.1, 0.15) is 11.1 Å². The second-order valence-electron chi connectivity index (χ2n) is 6.11. The topological polar surface area (TPSA) is 59.4 Å². The SMILES string of the molecule is N#Cc1ccccc1NC(=O)N1CCN(c2cccc(C(F)(F)F)c2)CC1. The molecule has 1 saturated heterocycles. The minimum absolute atomic E-state index is 0.332. The van der Waals surface area contributed by atoms with Gasteiger partial charge in [0, 0.05) is 31.9 Å². The molecule has 0 aliphatic carbocycles. The zero-order valence-corrected chi connectivity index (χ0v) is 14.3. The summed E-state index contributed by atoms with van der Waals surface area (Å²) in [5.41, 5.74) is 0.603. The van der Waals surface area contributed by atoms with Crippen LogP contribution < -0.4 is 10.2 Å². The third-order valence-corrected chi connectivity index (χ3v) is 4.39. The Bertz CT molecular complexity index is 868. The smallest absolute Gasteiger partial charge is 0.368 e. The van der Waals surface area contributed by atoms with Gasteiger partial charge in [-0.15, -0.1) is 0 Å². The van der Waals surface area contributed by atoms with Crippen molar-refractivity contribution >= 4 is 17.4 Å². The molecule has 3 rings (SSSR count). The Morgan fingerprint density at radius 1 is 1.04 bits per heavy atom. The number of halogens is 3. The number of nitriles is 1. The van der Waals surface area contributed by atoms with E-state index in [0.29, 0.717) is 43.1 Å². The maximum Gasteiger partial charge on any atom is 0.416 e. The zero-order chi connectivity index (χ0) is 19.4. The summed E-state index contributed by atoms with van der Waals surface area (Å²) in [6.45, 7) is 1.59. The maximum absolute atomic E-state index is 12.9. The van der Waals surface area contributed by atoms with E-state index in [1.54, 1.807) is 35.2 Å². The molecular formula is C19H17F3N4O. The number of piperazine rings is 1. The van der Waals surface area contributed by atoms with Gasteiger partial charge in [0.2, 0.25) is 0 Å². The lowest BCUT2D eigenvalue weighted by Gasteiger charge is -2.36. The Balaban J connectivity index is 1.62. The zero-order valence-electron chi connectivity index (χ0n) is 14.3. The van der Waals surface area contributed by atoms with Crippen molar-refractivity contribution in [2.45, 2.75) is 6.18 Å². The molecule has 1 N–H and O–H groups in total. The van der Waals surface area contributed by atoms with Crippen LogP contribution in [0.15, 0.2) is 48.5 Å². The molecule has 2 aromatic carbocycles. The first-order chi connectivity index (χ1) is 12.9. The van der Waals surface area contributed by atoms with Crippen LogP contribution in [0, 0.1) is 11.3 Å². The Hall–Kier alpha value is -3.21.